The Morgan fingerprint density at radius 3 is 2.70 bits per heavy atom. The fourth-order valence-electron chi connectivity index (χ4n) is 6.72. The summed E-state index contributed by atoms with van der Waals surface area (Å²) in [6, 6.07) is 0. The molecule has 20 heavy (non-hydrogen) atoms. The molecule has 0 bridgehead atoms. The number of hydrogen-bond acceptors (Lipinski definition) is 1. The van der Waals surface area contributed by atoms with Gasteiger partial charge in [0.2, 0.25) is 0 Å². The van der Waals surface area contributed by atoms with Crippen molar-refractivity contribution in [3.63, 3.8) is 0 Å². The molecule has 0 aromatic carbocycles. The van der Waals surface area contributed by atoms with Crippen molar-refractivity contribution in [3.05, 3.63) is 12.2 Å². The monoisotopic (exact) mass is 274 g/mol. The van der Waals surface area contributed by atoms with Crippen LogP contribution in [0.2, 0.25) is 0 Å². The van der Waals surface area contributed by atoms with Crippen LogP contribution in [0.25, 0.3) is 0 Å². The van der Waals surface area contributed by atoms with E-state index in [0.29, 0.717) is 10.8 Å². The maximum atomic E-state index is 10.0. The molecule has 1 N–H and O–H groups in total. The topological polar surface area (TPSA) is 20.2 Å². The van der Waals surface area contributed by atoms with Crippen molar-refractivity contribution in [2.24, 2.45) is 34.5 Å². The molecule has 0 aromatic heterocycles. The van der Waals surface area contributed by atoms with Crippen LogP contribution in [0.3, 0.4) is 0 Å². The number of rotatable bonds is 0. The molecule has 3 saturated carbocycles. The summed E-state index contributed by atoms with van der Waals surface area (Å²) >= 11 is 0. The Labute approximate surface area is 123 Å². The summed E-state index contributed by atoms with van der Waals surface area (Å²) in [5, 5.41) is 10.0. The van der Waals surface area contributed by atoms with E-state index < -0.39 is 0 Å². The highest BCUT2D eigenvalue weighted by Gasteiger charge is 2.56. The Morgan fingerprint density at radius 1 is 1.00 bits per heavy atom. The molecule has 0 unspecified atom stereocenters. The van der Waals surface area contributed by atoms with E-state index in [1.807, 2.05) is 0 Å². The molecule has 3 fully saturated rings. The van der Waals surface area contributed by atoms with E-state index in [-0.39, 0.29) is 6.10 Å². The fraction of sp³-hybridized carbons (Fsp3) is 0.895. The first-order chi connectivity index (χ1) is 9.53. The van der Waals surface area contributed by atoms with Gasteiger partial charge in [0.25, 0.3) is 0 Å². The van der Waals surface area contributed by atoms with Crippen molar-refractivity contribution in [1.82, 2.24) is 0 Å². The maximum absolute atomic E-state index is 10.0. The minimum absolute atomic E-state index is 0.00775. The van der Waals surface area contributed by atoms with Crippen molar-refractivity contribution in [2.75, 3.05) is 0 Å². The number of aliphatic hydroxyl groups is 1. The third-order valence-corrected chi connectivity index (χ3v) is 7.96. The van der Waals surface area contributed by atoms with Gasteiger partial charge in [-0.15, -0.1) is 0 Å². The van der Waals surface area contributed by atoms with Crippen molar-refractivity contribution >= 4 is 0 Å². The molecule has 4 rings (SSSR count). The van der Waals surface area contributed by atoms with Crippen LogP contribution in [-0.4, -0.2) is 11.2 Å². The van der Waals surface area contributed by atoms with Crippen molar-refractivity contribution < 1.29 is 5.11 Å². The average Bonchev–Trinajstić information content (AvgIpc) is 2.81. The van der Waals surface area contributed by atoms with Gasteiger partial charge in [-0.1, -0.05) is 26.0 Å². The molecule has 4 aliphatic rings. The van der Waals surface area contributed by atoms with Gasteiger partial charge in [0.15, 0.2) is 0 Å². The highest BCUT2D eigenvalue weighted by atomic mass is 16.3. The van der Waals surface area contributed by atoms with Gasteiger partial charge < -0.3 is 5.11 Å². The highest BCUT2D eigenvalue weighted by Crippen LogP contribution is 2.64. The van der Waals surface area contributed by atoms with Gasteiger partial charge in [-0.05, 0) is 85.9 Å². The molecule has 0 amide bonds. The lowest BCUT2D eigenvalue weighted by molar-refractivity contribution is -0.116. The molecule has 4 aliphatic carbocycles. The second kappa shape index (κ2) is 4.35. The molecular formula is C19H30O. The number of allylic oxidation sites excluding steroid dienone is 2. The van der Waals surface area contributed by atoms with Crippen LogP contribution in [0, 0.1) is 34.5 Å². The van der Waals surface area contributed by atoms with Crippen LogP contribution in [-0.2, 0) is 0 Å². The Bertz CT molecular complexity index is 427. The van der Waals surface area contributed by atoms with Crippen molar-refractivity contribution in [3.8, 4) is 0 Å². The van der Waals surface area contributed by atoms with Crippen LogP contribution >= 0.6 is 0 Å². The van der Waals surface area contributed by atoms with Gasteiger partial charge >= 0.3 is 0 Å². The zero-order chi connectivity index (χ0) is 14.0. The molecule has 1 heteroatoms. The van der Waals surface area contributed by atoms with E-state index >= 15 is 0 Å². The molecule has 112 valence electrons. The van der Waals surface area contributed by atoms with Gasteiger partial charge in [-0.2, -0.15) is 0 Å². The summed E-state index contributed by atoms with van der Waals surface area (Å²) in [4.78, 5) is 0. The third-order valence-electron chi connectivity index (χ3n) is 7.96. The number of hydrogen-bond donors (Lipinski definition) is 1. The molecule has 7 atom stereocenters. The lowest BCUT2D eigenvalue weighted by atomic mass is 9.45. The van der Waals surface area contributed by atoms with Gasteiger partial charge in [0.05, 0.1) is 6.10 Å². The first kappa shape index (κ1) is 13.4. The molecule has 0 heterocycles. The van der Waals surface area contributed by atoms with Crippen molar-refractivity contribution in [2.45, 2.75) is 71.3 Å². The van der Waals surface area contributed by atoms with E-state index in [2.05, 4.69) is 26.0 Å². The predicted octanol–water partition coefficient (Wildman–Crippen LogP) is 4.56. The molecule has 0 radical (unpaired) electrons. The SMILES string of the molecule is C[C@@]12CC[C@@H](O)C[C@@H]1CC[C@@H]1[C@H]2CC[C@]2(C)C=CC[C@@H]12. The zero-order valence-corrected chi connectivity index (χ0v) is 13.1. The Kier molecular flexibility index (Phi) is 2.91. The highest BCUT2D eigenvalue weighted by molar-refractivity contribution is 5.16. The minimum Gasteiger partial charge on any atom is -0.393 e. The molecule has 0 aliphatic heterocycles. The van der Waals surface area contributed by atoms with Crippen LogP contribution in [0.1, 0.15) is 65.2 Å². The van der Waals surface area contributed by atoms with Gasteiger partial charge in [-0.25, -0.2) is 0 Å². The first-order valence-electron chi connectivity index (χ1n) is 8.89. The van der Waals surface area contributed by atoms with Crippen molar-refractivity contribution in [1.29, 1.82) is 0 Å². The van der Waals surface area contributed by atoms with E-state index in [1.54, 1.807) is 0 Å². The normalized spacial score (nSPS) is 57.9. The number of fused-ring (bicyclic) bond motifs is 5. The maximum Gasteiger partial charge on any atom is 0.0543 e. The summed E-state index contributed by atoms with van der Waals surface area (Å²) < 4.78 is 0. The summed E-state index contributed by atoms with van der Waals surface area (Å²) in [6.45, 7) is 5.09. The van der Waals surface area contributed by atoms with Crippen LogP contribution in [0.4, 0.5) is 0 Å². The average molecular weight is 274 g/mol. The summed E-state index contributed by atoms with van der Waals surface area (Å²) in [7, 11) is 0. The standard InChI is InChI=1S/C19H30O/c1-18-9-3-4-16(18)15-6-5-13-12-14(20)7-11-19(13,2)17(15)8-10-18/h3,9,13-17,20H,4-8,10-12H2,1-2H3/t13-,14+,15-,16-,17+,18-,19+/m0/s1. The van der Waals surface area contributed by atoms with E-state index in [9.17, 15) is 5.11 Å². The zero-order valence-electron chi connectivity index (χ0n) is 13.1. The van der Waals surface area contributed by atoms with E-state index in [1.165, 1.54) is 38.5 Å². The van der Waals surface area contributed by atoms with E-state index in [0.717, 1.165) is 36.5 Å². The lowest BCUT2D eigenvalue weighted by Gasteiger charge is -2.60. The minimum atomic E-state index is -0.00775. The van der Waals surface area contributed by atoms with Gasteiger partial charge in [-0.3, -0.25) is 0 Å². The summed E-state index contributed by atoms with van der Waals surface area (Å²) in [6.07, 6.45) is 15.4. The quantitative estimate of drug-likeness (QED) is 0.642. The van der Waals surface area contributed by atoms with Gasteiger partial charge in [0.1, 0.15) is 0 Å². The first-order valence-corrected chi connectivity index (χ1v) is 8.89. The molecule has 0 saturated heterocycles. The smallest absolute Gasteiger partial charge is 0.0543 e. The fourth-order valence-corrected chi connectivity index (χ4v) is 6.72. The lowest BCUT2D eigenvalue weighted by Crippen LogP contribution is -2.53. The largest absolute Gasteiger partial charge is 0.393 e. The van der Waals surface area contributed by atoms with E-state index in [4.69, 9.17) is 0 Å². The molecular weight excluding hydrogens is 244 g/mol. The van der Waals surface area contributed by atoms with Crippen LogP contribution < -0.4 is 0 Å². The molecule has 0 spiro atoms. The molecule has 1 nitrogen and oxygen atoms in total. The van der Waals surface area contributed by atoms with Crippen LogP contribution in [0.5, 0.6) is 0 Å². The molecule has 0 aromatic rings. The second-order valence-corrected chi connectivity index (χ2v) is 8.77. The summed E-state index contributed by atoms with van der Waals surface area (Å²) in [5.74, 6) is 3.61. The Hall–Kier alpha value is -0.300. The van der Waals surface area contributed by atoms with Crippen LogP contribution in [0.15, 0.2) is 12.2 Å². The Morgan fingerprint density at radius 2 is 1.85 bits per heavy atom. The second-order valence-electron chi connectivity index (χ2n) is 8.77. The third kappa shape index (κ3) is 1.71. The van der Waals surface area contributed by atoms with Gasteiger partial charge in [0, 0.05) is 0 Å². The Balaban J connectivity index is 1.63. The number of aliphatic hydroxyl groups excluding tert-OH is 1. The summed E-state index contributed by atoms with van der Waals surface area (Å²) in [5.41, 5.74) is 1.05. The predicted molar refractivity (Wildman–Crippen MR) is 82.3 cm³/mol.